The average molecular weight is 310 g/mol. The van der Waals surface area contributed by atoms with Crippen LogP contribution in [-0.2, 0) is 0 Å². The Hall–Kier alpha value is -2.20. The Morgan fingerprint density at radius 2 is 2.09 bits per heavy atom. The van der Waals surface area contributed by atoms with Crippen LogP contribution < -0.4 is 5.32 Å². The minimum absolute atomic E-state index is 0.0650. The summed E-state index contributed by atoms with van der Waals surface area (Å²) in [6.07, 6.45) is 4.34. The largest absolute Gasteiger partial charge is 0.350 e. The van der Waals surface area contributed by atoms with E-state index in [4.69, 9.17) is 0 Å². The zero-order valence-electron chi connectivity index (χ0n) is 12.7. The molecule has 22 heavy (non-hydrogen) atoms. The quantitative estimate of drug-likeness (QED) is 0.771. The van der Waals surface area contributed by atoms with Crippen molar-refractivity contribution in [2.45, 2.75) is 26.3 Å². The molecule has 0 aliphatic carbocycles. The highest BCUT2D eigenvalue weighted by Gasteiger charge is 2.11. The minimum Gasteiger partial charge on any atom is -0.350 e. The molecule has 1 unspecified atom stereocenters. The van der Waals surface area contributed by atoms with E-state index in [1.165, 1.54) is 10.1 Å². The fourth-order valence-electron chi connectivity index (χ4n) is 2.23. The lowest BCUT2D eigenvalue weighted by atomic mass is 10.1. The Balaban J connectivity index is 1.92. The molecule has 3 rings (SSSR count). The van der Waals surface area contributed by atoms with Gasteiger partial charge < -0.3 is 5.32 Å². The van der Waals surface area contributed by atoms with E-state index in [2.05, 4.69) is 35.4 Å². The van der Waals surface area contributed by atoms with Crippen molar-refractivity contribution in [1.82, 2.24) is 10.3 Å². The van der Waals surface area contributed by atoms with Crippen LogP contribution in [0.2, 0.25) is 0 Å². The van der Waals surface area contributed by atoms with Crippen LogP contribution in [0.4, 0.5) is 0 Å². The molecule has 0 bridgehead atoms. The molecule has 0 aliphatic heterocycles. The van der Waals surface area contributed by atoms with Crippen molar-refractivity contribution in [1.29, 1.82) is 0 Å². The van der Waals surface area contributed by atoms with Gasteiger partial charge in [0.25, 0.3) is 5.91 Å². The smallest absolute Gasteiger partial charge is 0.253 e. The molecular weight excluding hydrogens is 292 g/mol. The molecule has 3 nitrogen and oxygen atoms in total. The molecule has 0 radical (unpaired) electrons. The van der Waals surface area contributed by atoms with Gasteiger partial charge in [0.05, 0.1) is 5.56 Å². The van der Waals surface area contributed by atoms with Crippen LogP contribution in [0, 0.1) is 0 Å². The topological polar surface area (TPSA) is 42.0 Å². The van der Waals surface area contributed by atoms with Crippen molar-refractivity contribution in [3.05, 3.63) is 54.4 Å². The highest BCUT2D eigenvalue weighted by Crippen LogP contribution is 2.33. The average Bonchev–Trinajstić information content (AvgIpc) is 2.99. The molecule has 3 aromatic rings. The third-order valence-corrected chi connectivity index (χ3v) is 4.87. The number of aromatic nitrogens is 1. The summed E-state index contributed by atoms with van der Waals surface area (Å²) in [7, 11) is 0. The first-order chi connectivity index (χ1) is 10.7. The molecule has 4 heteroatoms. The Bertz CT molecular complexity index is 776. The Kier molecular flexibility index (Phi) is 4.20. The highest BCUT2D eigenvalue weighted by molar-refractivity contribution is 7.22. The number of carbonyl (C=O) groups is 1. The van der Waals surface area contributed by atoms with Crippen LogP contribution >= 0.6 is 11.3 Å². The first kappa shape index (κ1) is 14.7. The number of fused-ring (bicyclic) bond motifs is 1. The second-order valence-electron chi connectivity index (χ2n) is 5.39. The standard InChI is InChI=1S/C18H18N2OS/c1-3-12(2)20-18(21)15-8-14(10-19-11-15)17-9-13-6-4-5-7-16(13)22-17/h4-12H,3H2,1-2H3,(H,20,21). The zero-order valence-corrected chi connectivity index (χ0v) is 13.5. The lowest BCUT2D eigenvalue weighted by molar-refractivity contribution is 0.0939. The molecule has 2 heterocycles. The predicted molar refractivity (Wildman–Crippen MR) is 92.3 cm³/mol. The summed E-state index contributed by atoms with van der Waals surface area (Å²) in [6, 6.07) is 12.5. The minimum atomic E-state index is -0.0650. The Morgan fingerprint density at radius 3 is 2.86 bits per heavy atom. The van der Waals surface area contributed by atoms with Crippen molar-refractivity contribution in [3.8, 4) is 10.4 Å². The van der Waals surface area contributed by atoms with E-state index >= 15 is 0 Å². The first-order valence-electron chi connectivity index (χ1n) is 7.42. The maximum Gasteiger partial charge on any atom is 0.253 e. The summed E-state index contributed by atoms with van der Waals surface area (Å²) in [5, 5.41) is 4.19. The number of thiophene rings is 1. The van der Waals surface area contributed by atoms with Gasteiger partial charge in [-0.15, -0.1) is 11.3 Å². The van der Waals surface area contributed by atoms with Gasteiger partial charge in [-0.3, -0.25) is 9.78 Å². The van der Waals surface area contributed by atoms with Crippen LogP contribution in [0.1, 0.15) is 30.6 Å². The van der Waals surface area contributed by atoms with Crippen molar-refractivity contribution >= 4 is 27.3 Å². The Morgan fingerprint density at radius 1 is 1.27 bits per heavy atom. The van der Waals surface area contributed by atoms with E-state index in [9.17, 15) is 4.79 Å². The number of hydrogen-bond acceptors (Lipinski definition) is 3. The highest BCUT2D eigenvalue weighted by atomic mass is 32.1. The van der Waals surface area contributed by atoms with Gasteiger partial charge in [0.15, 0.2) is 0 Å². The Labute approximate surface area is 134 Å². The summed E-state index contributed by atoms with van der Waals surface area (Å²) >= 11 is 1.72. The third-order valence-electron chi connectivity index (χ3n) is 3.70. The molecule has 0 spiro atoms. The van der Waals surface area contributed by atoms with Crippen LogP contribution in [0.15, 0.2) is 48.8 Å². The molecule has 112 valence electrons. The first-order valence-corrected chi connectivity index (χ1v) is 8.24. The summed E-state index contributed by atoms with van der Waals surface area (Å²) in [5.41, 5.74) is 1.59. The summed E-state index contributed by atoms with van der Waals surface area (Å²) < 4.78 is 1.24. The van der Waals surface area contributed by atoms with E-state index in [0.717, 1.165) is 16.9 Å². The normalized spacial score (nSPS) is 12.3. The van der Waals surface area contributed by atoms with Gasteiger partial charge in [-0.25, -0.2) is 0 Å². The lowest BCUT2D eigenvalue weighted by Crippen LogP contribution is -2.31. The second-order valence-corrected chi connectivity index (χ2v) is 6.48. The zero-order chi connectivity index (χ0) is 15.5. The van der Waals surface area contributed by atoms with E-state index < -0.39 is 0 Å². The predicted octanol–water partition coefficient (Wildman–Crippen LogP) is 4.49. The molecule has 0 fully saturated rings. The maximum absolute atomic E-state index is 12.2. The number of nitrogens with zero attached hydrogens (tertiary/aromatic N) is 1. The molecule has 1 atom stereocenters. The fraction of sp³-hybridized carbons (Fsp3) is 0.222. The molecule has 0 saturated carbocycles. The number of nitrogens with one attached hydrogen (secondary N) is 1. The maximum atomic E-state index is 12.2. The monoisotopic (exact) mass is 310 g/mol. The molecule has 0 saturated heterocycles. The van der Waals surface area contributed by atoms with Gasteiger partial charge in [-0.05, 0) is 36.9 Å². The second kappa shape index (κ2) is 6.28. The van der Waals surface area contributed by atoms with Gasteiger partial charge in [0, 0.05) is 33.6 Å². The van der Waals surface area contributed by atoms with Gasteiger partial charge in [0.1, 0.15) is 0 Å². The van der Waals surface area contributed by atoms with Gasteiger partial charge in [-0.2, -0.15) is 0 Å². The summed E-state index contributed by atoms with van der Waals surface area (Å²) in [4.78, 5) is 17.6. The molecule has 1 aromatic carbocycles. The van der Waals surface area contributed by atoms with E-state index in [1.54, 1.807) is 17.5 Å². The third kappa shape index (κ3) is 3.02. The number of benzene rings is 1. The number of amides is 1. The summed E-state index contributed by atoms with van der Waals surface area (Å²) in [5.74, 6) is -0.0650. The molecule has 1 amide bonds. The molecular formula is C18H18N2OS. The van der Waals surface area contributed by atoms with Gasteiger partial charge in [0.2, 0.25) is 0 Å². The van der Waals surface area contributed by atoms with Crippen molar-refractivity contribution in [3.63, 3.8) is 0 Å². The SMILES string of the molecule is CCC(C)NC(=O)c1cncc(-c2cc3ccccc3s2)c1. The molecule has 2 aromatic heterocycles. The number of hydrogen-bond donors (Lipinski definition) is 1. The summed E-state index contributed by atoms with van der Waals surface area (Å²) in [6.45, 7) is 4.05. The molecule has 1 N–H and O–H groups in total. The van der Waals surface area contributed by atoms with Gasteiger partial charge >= 0.3 is 0 Å². The fourth-order valence-corrected chi connectivity index (χ4v) is 3.28. The van der Waals surface area contributed by atoms with E-state index in [1.807, 2.05) is 31.3 Å². The van der Waals surface area contributed by atoms with E-state index in [0.29, 0.717) is 5.56 Å². The van der Waals surface area contributed by atoms with Crippen LogP contribution in [0.25, 0.3) is 20.5 Å². The van der Waals surface area contributed by atoms with Gasteiger partial charge in [-0.1, -0.05) is 25.1 Å². The number of pyridine rings is 1. The van der Waals surface area contributed by atoms with Crippen molar-refractivity contribution in [2.24, 2.45) is 0 Å². The van der Waals surface area contributed by atoms with Crippen molar-refractivity contribution < 1.29 is 4.79 Å². The van der Waals surface area contributed by atoms with Crippen LogP contribution in [0.3, 0.4) is 0 Å². The molecule has 0 aliphatic rings. The lowest BCUT2D eigenvalue weighted by Gasteiger charge is -2.11. The van der Waals surface area contributed by atoms with Crippen molar-refractivity contribution in [2.75, 3.05) is 0 Å². The number of rotatable bonds is 4. The van der Waals surface area contributed by atoms with E-state index in [-0.39, 0.29) is 11.9 Å². The number of carbonyl (C=O) groups excluding carboxylic acids is 1. The van der Waals surface area contributed by atoms with Crippen LogP contribution in [0.5, 0.6) is 0 Å². The van der Waals surface area contributed by atoms with Crippen LogP contribution in [-0.4, -0.2) is 16.9 Å².